The molecule has 75 heavy (non-hydrogen) atoms. The van der Waals surface area contributed by atoms with Crippen LogP contribution in [0, 0.1) is 0 Å². The Hall–Kier alpha value is -3.33. The van der Waals surface area contributed by atoms with Gasteiger partial charge in [0.05, 0.1) is 33.8 Å². The van der Waals surface area contributed by atoms with Gasteiger partial charge in [0.25, 0.3) is 0 Å². The number of quaternary nitrogens is 1. The molecule has 430 valence electrons. The molecule has 0 radical (unpaired) electrons. The number of nitrogens with zero attached hydrogens (tertiary/aromatic N) is 1. The molecule has 0 bridgehead atoms. The fourth-order valence-electron chi connectivity index (χ4n) is 8.05. The van der Waals surface area contributed by atoms with Crippen LogP contribution in [0.5, 0.6) is 0 Å². The molecule has 3 unspecified atom stereocenters. The van der Waals surface area contributed by atoms with E-state index in [2.05, 4.69) is 117 Å². The van der Waals surface area contributed by atoms with Gasteiger partial charge in [-0.05, 0) is 102 Å². The first-order valence-electron chi connectivity index (χ1n) is 30.2. The Morgan fingerprint density at radius 2 is 0.867 bits per heavy atom. The van der Waals surface area contributed by atoms with Crippen LogP contribution in [0.3, 0.4) is 0 Å². The highest BCUT2D eigenvalue weighted by Crippen LogP contribution is 2.43. The Morgan fingerprint density at radius 3 is 1.33 bits per heavy atom. The summed E-state index contributed by atoms with van der Waals surface area (Å²) in [6, 6.07) is -0.896. The topological polar surface area (TPSA) is 111 Å². The van der Waals surface area contributed by atoms with Crippen LogP contribution in [0.15, 0.2) is 109 Å². The van der Waals surface area contributed by atoms with Gasteiger partial charge in [-0.2, -0.15) is 0 Å². The van der Waals surface area contributed by atoms with Crippen molar-refractivity contribution in [3.63, 3.8) is 0 Å². The number of amides is 1. The van der Waals surface area contributed by atoms with E-state index < -0.39 is 20.0 Å². The summed E-state index contributed by atoms with van der Waals surface area (Å²) in [5.74, 6) is -0.614. The van der Waals surface area contributed by atoms with E-state index in [0.29, 0.717) is 17.4 Å². The minimum absolute atomic E-state index is 0.0207. The van der Waals surface area contributed by atoms with Crippen molar-refractivity contribution < 1.29 is 37.3 Å². The summed E-state index contributed by atoms with van der Waals surface area (Å²) in [6.45, 7) is 6.79. The van der Waals surface area contributed by atoms with E-state index in [1.54, 1.807) is 0 Å². The molecule has 0 rings (SSSR count). The fraction of sp³-hybridized carbons (Fsp3) is 0.692. The van der Waals surface area contributed by atoms with Gasteiger partial charge in [0.1, 0.15) is 19.3 Å². The van der Waals surface area contributed by atoms with E-state index in [9.17, 15) is 19.0 Å². The number of carbonyl (C=O) groups is 2. The number of unbranched alkanes of at least 4 members (excludes halogenated alkanes) is 21. The SMILES string of the molecule is CC/C=C\C/C=C\C/C=C\C/C=C\C/C=C\C/C=C\CCC(=O)NC(COP(=O)(O)OCC[N+](C)(C)C)C(/C=C/CCCCCCCCCCC)OC(=O)CCCCCCCCCCC/C=C\C/C=C\CCCCC. The molecule has 0 aromatic heterocycles. The summed E-state index contributed by atoms with van der Waals surface area (Å²) in [5, 5.41) is 3.00. The first kappa shape index (κ1) is 71.7. The predicted molar refractivity (Wildman–Crippen MR) is 323 cm³/mol. The summed E-state index contributed by atoms with van der Waals surface area (Å²) in [6.07, 6.45) is 73.9. The number of likely N-dealkylation sites (N-methyl/N-ethyl adjacent to an activating group) is 1. The van der Waals surface area contributed by atoms with E-state index in [1.807, 2.05) is 39.4 Å². The molecule has 0 fully saturated rings. The van der Waals surface area contributed by atoms with Gasteiger partial charge in [-0.25, -0.2) is 4.57 Å². The number of hydrogen-bond donors (Lipinski definition) is 2. The van der Waals surface area contributed by atoms with Crippen molar-refractivity contribution >= 4 is 19.7 Å². The summed E-state index contributed by atoms with van der Waals surface area (Å²) < 4.78 is 30.6. The van der Waals surface area contributed by atoms with Crippen LogP contribution in [0.4, 0.5) is 0 Å². The minimum atomic E-state index is -4.47. The Labute approximate surface area is 461 Å². The maximum atomic E-state index is 13.5. The highest BCUT2D eigenvalue weighted by atomic mass is 31.2. The molecule has 0 saturated heterocycles. The first-order chi connectivity index (χ1) is 36.4. The van der Waals surface area contributed by atoms with Crippen molar-refractivity contribution in [1.29, 1.82) is 0 Å². The molecule has 0 aromatic carbocycles. The molecule has 0 saturated carbocycles. The molecule has 9 nitrogen and oxygen atoms in total. The van der Waals surface area contributed by atoms with Crippen LogP contribution in [-0.2, 0) is 27.9 Å². The second-order valence-corrected chi connectivity index (χ2v) is 22.6. The molecular formula is C65H114N2O7P+. The third-order valence-electron chi connectivity index (χ3n) is 12.7. The highest BCUT2D eigenvalue weighted by Gasteiger charge is 2.30. The average molecular weight is 1070 g/mol. The summed E-state index contributed by atoms with van der Waals surface area (Å²) >= 11 is 0. The standard InChI is InChI=1S/C65H113N2O7P/c1-7-10-13-16-19-22-25-27-29-31-33-35-37-39-42-45-48-51-54-57-64(68)66-62(61-73-75(70,71)72-60-59-67(4,5)6)63(56-53-50-47-44-41-24-21-18-15-12-9-3)74-65(69)58-55-52-49-46-43-40-38-36-34-32-30-28-26-23-20-17-14-11-8-2/h10,13,19-20,22-23,27-30,33,35,39,42,48,51,53,56,62-63H,7-9,11-12,14-18,21,24-26,31-32,34,36-38,40-41,43-47,49-50,52,54-55,57-61H2,1-6H3,(H-,66,68,70,71)/p+1/b13-10-,22-19-,23-20-,29-27-,30-28-,35-33-,42-39-,51-48-,56-53+. The smallest absolute Gasteiger partial charge is 0.456 e. The third-order valence-corrected chi connectivity index (χ3v) is 13.7. The van der Waals surface area contributed by atoms with Gasteiger partial charge >= 0.3 is 13.8 Å². The zero-order chi connectivity index (χ0) is 55.0. The van der Waals surface area contributed by atoms with Crippen LogP contribution in [0.2, 0.25) is 0 Å². The molecule has 0 heterocycles. The third kappa shape index (κ3) is 55.2. The Balaban J connectivity index is 5.38. The summed E-state index contributed by atoms with van der Waals surface area (Å²) in [7, 11) is 1.43. The number of allylic oxidation sites excluding steroid dienone is 17. The molecular weight excluding hydrogens is 952 g/mol. The van der Waals surface area contributed by atoms with E-state index in [4.69, 9.17) is 13.8 Å². The Kier molecular flexibility index (Phi) is 51.6. The van der Waals surface area contributed by atoms with E-state index in [1.165, 1.54) is 103 Å². The van der Waals surface area contributed by atoms with Crippen molar-refractivity contribution in [3.8, 4) is 0 Å². The molecule has 0 spiro atoms. The lowest BCUT2D eigenvalue weighted by Crippen LogP contribution is -2.47. The maximum absolute atomic E-state index is 13.5. The van der Waals surface area contributed by atoms with E-state index in [0.717, 1.165) is 96.3 Å². The molecule has 0 aliphatic carbocycles. The second kappa shape index (κ2) is 54.0. The van der Waals surface area contributed by atoms with Crippen LogP contribution < -0.4 is 5.32 Å². The van der Waals surface area contributed by atoms with E-state index in [-0.39, 0.29) is 37.9 Å². The van der Waals surface area contributed by atoms with Gasteiger partial charge in [0.15, 0.2) is 0 Å². The van der Waals surface area contributed by atoms with Crippen molar-refractivity contribution in [3.05, 3.63) is 109 Å². The number of ether oxygens (including phenoxy) is 1. The summed E-state index contributed by atoms with van der Waals surface area (Å²) in [4.78, 5) is 37.6. The number of phosphoric acid groups is 1. The minimum Gasteiger partial charge on any atom is -0.456 e. The molecule has 3 atom stereocenters. The van der Waals surface area contributed by atoms with Gasteiger partial charge in [-0.3, -0.25) is 18.6 Å². The normalized spacial score (nSPS) is 14.5. The van der Waals surface area contributed by atoms with Crippen molar-refractivity contribution in [2.45, 2.75) is 251 Å². The molecule has 2 N–H and O–H groups in total. The van der Waals surface area contributed by atoms with Gasteiger partial charge in [-0.15, -0.1) is 0 Å². The first-order valence-corrected chi connectivity index (χ1v) is 31.7. The zero-order valence-corrected chi connectivity index (χ0v) is 49.9. The number of nitrogens with one attached hydrogen (secondary N) is 1. The lowest BCUT2D eigenvalue weighted by Gasteiger charge is -2.27. The number of hydrogen-bond acceptors (Lipinski definition) is 6. The lowest BCUT2D eigenvalue weighted by molar-refractivity contribution is -0.870. The second-order valence-electron chi connectivity index (χ2n) is 21.1. The lowest BCUT2D eigenvalue weighted by atomic mass is 10.1. The van der Waals surface area contributed by atoms with E-state index >= 15 is 0 Å². The summed E-state index contributed by atoms with van der Waals surface area (Å²) in [5.41, 5.74) is 0. The molecule has 0 aliphatic rings. The molecule has 0 aromatic rings. The maximum Gasteiger partial charge on any atom is 0.472 e. The van der Waals surface area contributed by atoms with Crippen molar-refractivity contribution in [2.24, 2.45) is 0 Å². The highest BCUT2D eigenvalue weighted by molar-refractivity contribution is 7.47. The number of rotatable bonds is 53. The quantitative estimate of drug-likeness (QED) is 0.0205. The predicted octanol–water partition coefficient (Wildman–Crippen LogP) is 18.6. The van der Waals surface area contributed by atoms with Gasteiger partial charge in [0, 0.05) is 12.8 Å². The number of esters is 1. The molecule has 0 aliphatic heterocycles. The fourth-order valence-corrected chi connectivity index (χ4v) is 8.79. The van der Waals surface area contributed by atoms with Crippen molar-refractivity contribution in [1.82, 2.24) is 5.32 Å². The van der Waals surface area contributed by atoms with Crippen LogP contribution >= 0.6 is 7.82 Å². The average Bonchev–Trinajstić information content (AvgIpc) is 3.37. The largest absolute Gasteiger partial charge is 0.472 e. The monoisotopic (exact) mass is 1070 g/mol. The Morgan fingerprint density at radius 1 is 0.480 bits per heavy atom. The van der Waals surface area contributed by atoms with Gasteiger partial charge in [-0.1, -0.05) is 233 Å². The zero-order valence-electron chi connectivity index (χ0n) is 49.0. The van der Waals surface area contributed by atoms with Crippen LogP contribution in [0.1, 0.15) is 239 Å². The van der Waals surface area contributed by atoms with Crippen LogP contribution in [-0.4, -0.2) is 74.3 Å². The molecule has 1 amide bonds. The van der Waals surface area contributed by atoms with Gasteiger partial charge in [0.2, 0.25) is 5.91 Å². The Bertz CT molecular complexity index is 1650. The van der Waals surface area contributed by atoms with Crippen molar-refractivity contribution in [2.75, 3.05) is 40.9 Å². The number of phosphoric ester groups is 1. The van der Waals surface area contributed by atoms with Gasteiger partial charge < -0.3 is 19.4 Å². The van der Waals surface area contributed by atoms with Crippen LogP contribution in [0.25, 0.3) is 0 Å². The number of carbonyl (C=O) groups excluding carboxylic acids is 2. The molecule has 10 heteroatoms.